The van der Waals surface area contributed by atoms with Crippen molar-refractivity contribution < 1.29 is 4.79 Å². The second-order valence-electron chi connectivity index (χ2n) is 8.06. The summed E-state index contributed by atoms with van der Waals surface area (Å²) in [4.78, 5) is 16.7. The number of nitrogens with one attached hydrogen (secondary N) is 2. The molecule has 0 saturated carbocycles. The number of amides is 1. The minimum Gasteiger partial charge on any atom is -0.352 e. The molecule has 0 atom stereocenters. The number of rotatable bonds is 6. The summed E-state index contributed by atoms with van der Waals surface area (Å²) in [5, 5.41) is 15.6. The van der Waals surface area contributed by atoms with Gasteiger partial charge in [0.25, 0.3) is 5.91 Å². The molecule has 0 radical (unpaired) electrons. The zero-order valence-corrected chi connectivity index (χ0v) is 18.1. The van der Waals surface area contributed by atoms with Crippen LogP contribution in [0.3, 0.4) is 0 Å². The molecule has 2 aromatic carbocycles. The molecule has 0 saturated heterocycles. The van der Waals surface area contributed by atoms with Gasteiger partial charge in [0.15, 0.2) is 5.65 Å². The number of aromatic nitrogens is 5. The molecule has 0 bridgehead atoms. The smallest absolute Gasteiger partial charge is 0.254 e. The quantitative estimate of drug-likeness (QED) is 0.399. The van der Waals surface area contributed by atoms with Gasteiger partial charge in [0.1, 0.15) is 0 Å². The van der Waals surface area contributed by atoms with Crippen LogP contribution < -0.4 is 5.32 Å². The Bertz CT molecular complexity index is 1410. The fourth-order valence-electron chi connectivity index (χ4n) is 4.03. The standard InChI is InChI=1S/C25H24N6O/c1-16-12-24-27-13-20(15-31(24)30-16)25(32)26-11-3-4-18-5-7-19(8-6-18)21-9-10-23-22(17(21)2)14-28-29-23/h5-10,12-15H,3-4,11H2,1-2H3,(H,26,32)(H,28,29). The van der Waals surface area contributed by atoms with Crippen molar-refractivity contribution in [1.82, 2.24) is 30.1 Å². The van der Waals surface area contributed by atoms with Gasteiger partial charge in [-0.25, -0.2) is 9.50 Å². The van der Waals surface area contributed by atoms with Crippen molar-refractivity contribution in [3.05, 3.63) is 83.4 Å². The third kappa shape index (κ3) is 3.85. The predicted octanol–water partition coefficient (Wildman–Crippen LogP) is 4.25. The van der Waals surface area contributed by atoms with Crippen molar-refractivity contribution in [1.29, 1.82) is 0 Å². The molecule has 3 aromatic heterocycles. The summed E-state index contributed by atoms with van der Waals surface area (Å²) in [6.07, 6.45) is 6.94. The lowest BCUT2D eigenvalue weighted by molar-refractivity contribution is 0.0952. The minimum atomic E-state index is -0.131. The molecule has 32 heavy (non-hydrogen) atoms. The number of H-pyrrole nitrogens is 1. The first-order valence-corrected chi connectivity index (χ1v) is 10.7. The Balaban J connectivity index is 1.17. The maximum absolute atomic E-state index is 12.4. The van der Waals surface area contributed by atoms with E-state index in [2.05, 4.69) is 68.9 Å². The summed E-state index contributed by atoms with van der Waals surface area (Å²) in [5.41, 5.74) is 8.07. The fraction of sp³-hybridized carbons (Fsp3) is 0.200. The van der Waals surface area contributed by atoms with E-state index in [1.54, 1.807) is 16.9 Å². The average molecular weight is 425 g/mol. The monoisotopic (exact) mass is 424 g/mol. The first-order chi connectivity index (χ1) is 15.6. The van der Waals surface area contributed by atoms with Gasteiger partial charge in [0.2, 0.25) is 0 Å². The van der Waals surface area contributed by atoms with Crippen LogP contribution in [0.4, 0.5) is 0 Å². The zero-order valence-electron chi connectivity index (χ0n) is 18.1. The van der Waals surface area contributed by atoms with E-state index in [1.807, 2.05) is 19.2 Å². The molecule has 160 valence electrons. The van der Waals surface area contributed by atoms with Crippen LogP contribution in [-0.2, 0) is 6.42 Å². The Labute approximate surface area is 185 Å². The second-order valence-corrected chi connectivity index (χ2v) is 8.06. The van der Waals surface area contributed by atoms with Gasteiger partial charge in [-0.05, 0) is 55.0 Å². The van der Waals surface area contributed by atoms with Crippen LogP contribution in [0.2, 0.25) is 0 Å². The van der Waals surface area contributed by atoms with Gasteiger partial charge in [-0.3, -0.25) is 9.89 Å². The highest BCUT2D eigenvalue weighted by atomic mass is 16.1. The molecular formula is C25H24N6O. The third-order valence-corrected chi connectivity index (χ3v) is 5.78. The largest absolute Gasteiger partial charge is 0.352 e. The van der Waals surface area contributed by atoms with Crippen molar-refractivity contribution in [3.8, 4) is 11.1 Å². The summed E-state index contributed by atoms with van der Waals surface area (Å²) < 4.78 is 1.64. The molecule has 2 N–H and O–H groups in total. The summed E-state index contributed by atoms with van der Waals surface area (Å²) in [6.45, 7) is 4.64. The van der Waals surface area contributed by atoms with Crippen LogP contribution in [0.15, 0.2) is 61.1 Å². The highest BCUT2D eigenvalue weighted by Gasteiger charge is 2.09. The zero-order chi connectivity index (χ0) is 22.1. The number of hydrogen-bond donors (Lipinski definition) is 2. The molecule has 7 heteroatoms. The first kappa shape index (κ1) is 19.9. The van der Waals surface area contributed by atoms with Crippen molar-refractivity contribution >= 4 is 22.5 Å². The molecule has 0 spiro atoms. The van der Waals surface area contributed by atoms with E-state index < -0.39 is 0 Å². The number of fused-ring (bicyclic) bond motifs is 2. The molecule has 0 aliphatic heterocycles. The Kier molecular flexibility index (Phi) is 5.15. The van der Waals surface area contributed by atoms with Gasteiger partial charge in [-0.2, -0.15) is 10.2 Å². The summed E-state index contributed by atoms with van der Waals surface area (Å²) in [7, 11) is 0. The normalized spacial score (nSPS) is 11.3. The number of nitrogens with zero attached hydrogens (tertiary/aromatic N) is 4. The lowest BCUT2D eigenvalue weighted by atomic mass is 9.96. The van der Waals surface area contributed by atoms with Gasteiger partial charge < -0.3 is 5.32 Å². The Hall–Kier alpha value is -4.00. The average Bonchev–Trinajstić information content (AvgIpc) is 3.43. The van der Waals surface area contributed by atoms with E-state index in [0.29, 0.717) is 12.1 Å². The number of aromatic amines is 1. The van der Waals surface area contributed by atoms with E-state index in [-0.39, 0.29) is 5.91 Å². The molecule has 5 aromatic rings. The van der Waals surface area contributed by atoms with E-state index in [4.69, 9.17) is 0 Å². The fourth-order valence-corrected chi connectivity index (χ4v) is 4.03. The van der Waals surface area contributed by atoms with Gasteiger partial charge in [-0.15, -0.1) is 0 Å². The lowest BCUT2D eigenvalue weighted by Gasteiger charge is -2.09. The third-order valence-electron chi connectivity index (χ3n) is 5.78. The Morgan fingerprint density at radius 1 is 1.09 bits per heavy atom. The van der Waals surface area contributed by atoms with Gasteiger partial charge in [-0.1, -0.05) is 30.3 Å². The number of benzene rings is 2. The Morgan fingerprint density at radius 2 is 1.94 bits per heavy atom. The van der Waals surface area contributed by atoms with Crippen LogP contribution in [0, 0.1) is 13.8 Å². The Morgan fingerprint density at radius 3 is 2.78 bits per heavy atom. The predicted molar refractivity (Wildman–Crippen MR) is 125 cm³/mol. The summed E-state index contributed by atoms with van der Waals surface area (Å²) in [6, 6.07) is 14.7. The number of hydrogen-bond acceptors (Lipinski definition) is 4. The number of carbonyl (C=O) groups excluding carboxylic acids is 1. The van der Waals surface area contributed by atoms with E-state index in [1.165, 1.54) is 22.3 Å². The molecular weight excluding hydrogens is 400 g/mol. The second kappa shape index (κ2) is 8.26. The van der Waals surface area contributed by atoms with Gasteiger partial charge in [0.05, 0.1) is 23.0 Å². The van der Waals surface area contributed by atoms with Crippen molar-refractivity contribution in [2.24, 2.45) is 0 Å². The van der Waals surface area contributed by atoms with Crippen molar-refractivity contribution in [2.45, 2.75) is 26.7 Å². The molecule has 1 amide bonds. The first-order valence-electron chi connectivity index (χ1n) is 10.7. The van der Waals surface area contributed by atoms with E-state index in [0.717, 1.165) is 35.1 Å². The maximum atomic E-state index is 12.4. The topological polar surface area (TPSA) is 88.0 Å². The molecule has 0 aliphatic rings. The van der Waals surface area contributed by atoms with Crippen molar-refractivity contribution in [3.63, 3.8) is 0 Å². The van der Waals surface area contributed by atoms with Crippen LogP contribution in [0.1, 0.15) is 33.6 Å². The van der Waals surface area contributed by atoms with E-state index in [9.17, 15) is 4.79 Å². The molecule has 0 unspecified atom stereocenters. The summed E-state index contributed by atoms with van der Waals surface area (Å²) >= 11 is 0. The maximum Gasteiger partial charge on any atom is 0.254 e. The van der Waals surface area contributed by atoms with Crippen LogP contribution >= 0.6 is 0 Å². The summed E-state index contributed by atoms with van der Waals surface area (Å²) in [5.74, 6) is -0.131. The van der Waals surface area contributed by atoms with Gasteiger partial charge >= 0.3 is 0 Å². The number of carbonyl (C=O) groups is 1. The van der Waals surface area contributed by atoms with Crippen LogP contribution in [0.5, 0.6) is 0 Å². The highest BCUT2D eigenvalue weighted by Crippen LogP contribution is 2.29. The SMILES string of the molecule is Cc1cc2ncc(C(=O)NCCCc3ccc(-c4ccc5[nH]ncc5c4C)cc3)cn2n1. The highest BCUT2D eigenvalue weighted by molar-refractivity contribution is 5.93. The lowest BCUT2D eigenvalue weighted by Crippen LogP contribution is -2.25. The molecule has 0 fully saturated rings. The molecule has 7 nitrogen and oxygen atoms in total. The van der Waals surface area contributed by atoms with Crippen molar-refractivity contribution in [2.75, 3.05) is 6.54 Å². The molecule has 3 heterocycles. The number of aryl methyl sites for hydroxylation is 3. The van der Waals surface area contributed by atoms with E-state index >= 15 is 0 Å². The minimum absolute atomic E-state index is 0.131. The molecule has 5 rings (SSSR count). The molecule has 0 aliphatic carbocycles. The van der Waals surface area contributed by atoms with Crippen LogP contribution in [-0.4, -0.2) is 37.2 Å². The van der Waals surface area contributed by atoms with Crippen LogP contribution in [0.25, 0.3) is 27.7 Å². The van der Waals surface area contributed by atoms with Gasteiger partial charge in [0, 0.05) is 30.4 Å².